The molecule has 0 aliphatic heterocycles. The highest BCUT2D eigenvalue weighted by Crippen LogP contribution is 2.17. The predicted molar refractivity (Wildman–Crippen MR) is 97.0 cm³/mol. The molecule has 0 aliphatic rings. The Labute approximate surface area is 147 Å². The van der Waals surface area contributed by atoms with Crippen LogP contribution in [0.4, 0.5) is 5.69 Å². The third-order valence-electron chi connectivity index (χ3n) is 3.29. The number of nitrogens with one attached hydrogen (secondary N) is 1. The molecule has 0 aromatic heterocycles. The second kappa shape index (κ2) is 9.18. The van der Waals surface area contributed by atoms with Crippen LogP contribution < -0.4 is 14.8 Å². The van der Waals surface area contributed by atoms with Gasteiger partial charge in [0.05, 0.1) is 13.2 Å². The van der Waals surface area contributed by atoms with Gasteiger partial charge in [0.1, 0.15) is 11.5 Å². The molecule has 128 valence electrons. The normalized spacial score (nSPS) is 10.5. The molecule has 0 spiro atoms. The zero-order chi connectivity index (χ0) is 17.4. The van der Waals surface area contributed by atoms with Gasteiger partial charge in [0.2, 0.25) is 5.91 Å². The van der Waals surface area contributed by atoms with Crippen molar-refractivity contribution in [3.05, 3.63) is 53.6 Å². The summed E-state index contributed by atoms with van der Waals surface area (Å²) in [6, 6.07) is 14.6. The van der Waals surface area contributed by atoms with Gasteiger partial charge >= 0.3 is 0 Å². The zero-order valence-electron chi connectivity index (χ0n) is 13.9. The van der Waals surface area contributed by atoms with Crippen molar-refractivity contribution in [2.24, 2.45) is 5.92 Å². The van der Waals surface area contributed by atoms with Gasteiger partial charge in [-0.3, -0.25) is 4.79 Å². The minimum absolute atomic E-state index is 0.00279. The van der Waals surface area contributed by atoms with Crippen LogP contribution in [0, 0.1) is 5.92 Å². The van der Waals surface area contributed by atoms with Crippen LogP contribution in [-0.2, 0) is 4.79 Å². The molecule has 4 nitrogen and oxygen atoms in total. The lowest BCUT2D eigenvalue weighted by Crippen LogP contribution is -2.17. The third kappa shape index (κ3) is 6.13. The third-order valence-corrected chi connectivity index (χ3v) is 3.54. The number of hydrogen-bond donors (Lipinski definition) is 1. The van der Waals surface area contributed by atoms with Gasteiger partial charge in [0.15, 0.2) is 0 Å². The zero-order valence-corrected chi connectivity index (χ0v) is 14.7. The first-order valence-electron chi connectivity index (χ1n) is 7.96. The number of carbonyl (C=O) groups excluding carboxylic acids is 1. The fraction of sp³-hybridized carbons (Fsp3) is 0.316. The Morgan fingerprint density at radius 3 is 1.96 bits per heavy atom. The molecule has 0 aliphatic carbocycles. The summed E-state index contributed by atoms with van der Waals surface area (Å²) in [5.74, 6) is 1.53. The quantitative estimate of drug-likeness (QED) is 0.699. The molecule has 0 saturated carbocycles. The van der Waals surface area contributed by atoms with Gasteiger partial charge in [-0.05, 0) is 48.5 Å². The summed E-state index contributed by atoms with van der Waals surface area (Å²) < 4.78 is 11.3. The molecule has 24 heavy (non-hydrogen) atoms. The summed E-state index contributed by atoms with van der Waals surface area (Å²) in [4.78, 5) is 11.6. The topological polar surface area (TPSA) is 47.6 Å². The highest BCUT2D eigenvalue weighted by Gasteiger charge is 2.06. The number of hydrogen-bond acceptors (Lipinski definition) is 3. The molecule has 0 radical (unpaired) electrons. The Hall–Kier alpha value is -2.20. The summed E-state index contributed by atoms with van der Waals surface area (Å²) >= 11 is 5.82. The number of benzene rings is 2. The Morgan fingerprint density at radius 2 is 1.46 bits per heavy atom. The van der Waals surface area contributed by atoms with Crippen LogP contribution in [0.15, 0.2) is 48.5 Å². The largest absolute Gasteiger partial charge is 0.493 e. The van der Waals surface area contributed by atoms with E-state index in [1.165, 1.54) is 0 Å². The van der Waals surface area contributed by atoms with Crippen molar-refractivity contribution in [1.82, 2.24) is 0 Å². The molecule has 1 N–H and O–H groups in total. The van der Waals surface area contributed by atoms with Crippen LogP contribution in [0.25, 0.3) is 0 Å². The first-order chi connectivity index (χ1) is 11.5. The second-order valence-corrected chi connectivity index (χ2v) is 6.11. The lowest BCUT2D eigenvalue weighted by atomic mass is 10.2. The minimum Gasteiger partial charge on any atom is -0.493 e. The maximum Gasteiger partial charge on any atom is 0.226 e. The van der Waals surface area contributed by atoms with Crippen molar-refractivity contribution >= 4 is 23.2 Å². The molecule has 1 amide bonds. The summed E-state index contributed by atoms with van der Waals surface area (Å²) in [7, 11) is 0. The van der Waals surface area contributed by atoms with Crippen LogP contribution in [0.5, 0.6) is 11.5 Å². The SMILES string of the molecule is CC(C)C(=O)Nc1ccc(OCCCOc2ccc(Cl)cc2)cc1. The molecule has 2 aromatic carbocycles. The van der Waals surface area contributed by atoms with Crippen molar-refractivity contribution < 1.29 is 14.3 Å². The molecule has 0 saturated heterocycles. The van der Waals surface area contributed by atoms with Crippen LogP contribution in [0.3, 0.4) is 0 Å². The van der Waals surface area contributed by atoms with E-state index < -0.39 is 0 Å². The first kappa shape index (κ1) is 18.1. The summed E-state index contributed by atoms with van der Waals surface area (Å²) in [6.07, 6.45) is 0.772. The van der Waals surface area contributed by atoms with E-state index in [0.717, 1.165) is 23.6 Å². The number of halogens is 1. The first-order valence-corrected chi connectivity index (χ1v) is 8.34. The summed E-state index contributed by atoms with van der Waals surface area (Å²) in [5.41, 5.74) is 0.770. The van der Waals surface area contributed by atoms with Crippen LogP contribution >= 0.6 is 11.6 Å². The van der Waals surface area contributed by atoms with Gasteiger partial charge in [-0.1, -0.05) is 25.4 Å². The standard InChI is InChI=1S/C19H22ClNO3/c1-14(2)19(22)21-16-6-10-18(11-7-16)24-13-3-12-23-17-8-4-15(20)5-9-17/h4-11,14H,3,12-13H2,1-2H3,(H,21,22). The lowest BCUT2D eigenvalue weighted by molar-refractivity contribution is -0.118. The van der Waals surface area contributed by atoms with Gasteiger partial charge in [0.25, 0.3) is 0 Å². The van der Waals surface area contributed by atoms with Gasteiger partial charge < -0.3 is 14.8 Å². The van der Waals surface area contributed by atoms with E-state index in [4.69, 9.17) is 21.1 Å². The maximum absolute atomic E-state index is 11.6. The van der Waals surface area contributed by atoms with Crippen LogP contribution in [-0.4, -0.2) is 19.1 Å². The summed E-state index contributed by atoms with van der Waals surface area (Å²) in [6.45, 7) is 4.85. The highest BCUT2D eigenvalue weighted by molar-refractivity contribution is 6.30. The Bertz CT molecular complexity index is 639. The smallest absolute Gasteiger partial charge is 0.226 e. The Balaban J connectivity index is 1.67. The van der Waals surface area contributed by atoms with Crippen molar-refractivity contribution in [3.8, 4) is 11.5 Å². The molecular formula is C19H22ClNO3. The van der Waals surface area contributed by atoms with E-state index in [2.05, 4.69) is 5.32 Å². The van der Waals surface area contributed by atoms with Crippen LogP contribution in [0.1, 0.15) is 20.3 Å². The molecule has 0 unspecified atom stereocenters. The second-order valence-electron chi connectivity index (χ2n) is 5.67. The van der Waals surface area contributed by atoms with Crippen LogP contribution in [0.2, 0.25) is 5.02 Å². The molecule has 0 bridgehead atoms. The van der Waals surface area contributed by atoms with E-state index in [1.54, 1.807) is 12.1 Å². The van der Waals surface area contributed by atoms with E-state index in [0.29, 0.717) is 18.2 Å². The summed E-state index contributed by atoms with van der Waals surface area (Å²) in [5, 5.41) is 3.54. The number of carbonyl (C=O) groups is 1. The van der Waals surface area contributed by atoms with Crippen molar-refractivity contribution in [3.63, 3.8) is 0 Å². The van der Waals surface area contributed by atoms with Gasteiger partial charge in [-0.15, -0.1) is 0 Å². The van der Waals surface area contributed by atoms with Crippen molar-refractivity contribution in [2.45, 2.75) is 20.3 Å². The fourth-order valence-electron chi connectivity index (χ4n) is 1.89. The van der Waals surface area contributed by atoms with Gasteiger partial charge in [-0.2, -0.15) is 0 Å². The van der Waals surface area contributed by atoms with E-state index in [9.17, 15) is 4.79 Å². The molecule has 5 heteroatoms. The van der Waals surface area contributed by atoms with Crippen molar-refractivity contribution in [2.75, 3.05) is 18.5 Å². The van der Waals surface area contributed by atoms with Gasteiger partial charge in [0, 0.05) is 23.0 Å². The molecule has 2 rings (SSSR count). The highest BCUT2D eigenvalue weighted by atomic mass is 35.5. The fourth-order valence-corrected chi connectivity index (χ4v) is 2.02. The van der Waals surface area contributed by atoms with E-state index in [-0.39, 0.29) is 11.8 Å². The molecular weight excluding hydrogens is 326 g/mol. The molecule has 0 fully saturated rings. The number of anilines is 1. The number of rotatable bonds is 8. The number of amides is 1. The van der Waals surface area contributed by atoms with Crippen molar-refractivity contribution in [1.29, 1.82) is 0 Å². The lowest BCUT2D eigenvalue weighted by Gasteiger charge is -2.10. The number of ether oxygens (including phenoxy) is 2. The van der Waals surface area contributed by atoms with E-state index in [1.807, 2.05) is 50.2 Å². The van der Waals surface area contributed by atoms with Gasteiger partial charge in [-0.25, -0.2) is 0 Å². The minimum atomic E-state index is -0.0402. The Kier molecular flexibility index (Phi) is 6.94. The molecule has 0 heterocycles. The van der Waals surface area contributed by atoms with E-state index >= 15 is 0 Å². The average molecular weight is 348 g/mol. The molecule has 2 aromatic rings. The average Bonchev–Trinajstić information content (AvgIpc) is 2.57. The molecule has 0 atom stereocenters. The predicted octanol–water partition coefficient (Wildman–Crippen LogP) is 4.78. The maximum atomic E-state index is 11.6. The monoisotopic (exact) mass is 347 g/mol. The Morgan fingerprint density at radius 1 is 0.958 bits per heavy atom.